The number of halogens is 2. The topological polar surface area (TPSA) is 70.2 Å². The normalized spacial score (nSPS) is 10.1. The van der Waals surface area contributed by atoms with Gasteiger partial charge in [0.1, 0.15) is 0 Å². The van der Waals surface area contributed by atoms with Crippen molar-refractivity contribution in [2.24, 2.45) is 0 Å². The lowest BCUT2D eigenvalue weighted by atomic mass is 10.2. The van der Waals surface area contributed by atoms with Crippen molar-refractivity contribution >= 4 is 55.2 Å². The summed E-state index contributed by atoms with van der Waals surface area (Å²) in [6, 6.07) is 12.6. The number of aryl methyl sites for hydroxylation is 1. The number of hydrogen-bond acceptors (Lipinski definition) is 2. The Balaban J connectivity index is 1.73. The third kappa shape index (κ3) is 5.98. The minimum Gasteiger partial charge on any atom is -0.337 e. The van der Waals surface area contributed by atoms with Crippen molar-refractivity contribution in [2.75, 3.05) is 17.2 Å². The Hall–Kier alpha value is -1.86. The van der Waals surface area contributed by atoms with Gasteiger partial charge in [-0.2, -0.15) is 0 Å². The highest BCUT2D eigenvalue weighted by Gasteiger charge is 2.07. The summed E-state index contributed by atoms with van der Waals surface area (Å²) in [6.07, 6.45) is 0.189. The number of benzene rings is 2. The van der Waals surface area contributed by atoms with Crippen molar-refractivity contribution < 1.29 is 9.59 Å². The Morgan fingerprint density at radius 2 is 1.71 bits per heavy atom. The molecule has 0 saturated heterocycles. The molecule has 0 saturated carbocycles. The van der Waals surface area contributed by atoms with Crippen molar-refractivity contribution in [3.8, 4) is 0 Å². The predicted molar refractivity (Wildman–Crippen MR) is 103 cm³/mol. The van der Waals surface area contributed by atoms with E-state index in [1.165, 1.54) is 0 Å². The molecular weight excluding hydrogens is 438 g/mol. The lowest BCUT2D eigenvalue weighted by molar-refractivity contribution is -0.116. The largest absolute Gasteiger partial charge is 0.337 e. The van der Waals surface area contributed by atoms with Crippen molar-refractivity contribution in [2.45, 2.75) is 13.3 Å². The third-order valence-electron chi connectivity index (χ3n) is 3.14. The van der Waals surface area contributed by atoms with E-state index in [0.717, 1.165) is 14.5 Å². The minimum absolute atomic E-state index is 0.163. The summed E-state index contributed by atoms with van der Waals surface area (Å²) in [7, 11) is 0. The molecular formula is C17H17Br2N3O2. The first kappa shape index (κ1) is 18.5. The first-order valence-corrected chi connectivity index (χ1v) is 8.89. The average Bonchev–Trinajstić information content (AvgIpc) is 2.52. The molecule has 0 aliphatic carbocycles. The number of amides is 3. The van der Waals surface area contributed by atoms with Crippen molar-refractivity contribution in [1.29, 1.82) is 0 Å². The van der Waals surface area contributed by atoms with Crippen LogP contribution in [0.15, 0.2) is 51.4 Å². The van der Waals surface area contributed by atoms with Gasteiger partial charge >= 0.3 is 6.03 Å². The molecule has 7 heteroatoms. The van der Waals surface area contributed by atoms with E-state index >= 15 is 0 Å². The number of carbonyl (C=O) groups is 2. The van der Waals surface area contributed by atoms with E-state index in [1.54, 1.807) is 12.1 Å². The number of rotatable bonds is 5. The number of hydrogen-bond donors (Lipinski definition) is 3. The molecule has 2 aromatic rings. The van der Waals surface area contributed by atoms with Crippen LogP contribution in [0.3, 0.4) is 0 Å². The second kappa shape index (κ2) is 8.84. The molecule has 3 N–H and O–H groups in total. The molecule has 0 spiro atoms. The SMILES string of the molecule is Cc1ccc(NC(=O)CCNC(=O)Nc2ccc(Br)cc2)c(Br)c1. The summed E-state index contributed by atoms with van der Waals surface area (Å²) in [5.41, 5.74) is 2.50. The molecule has 2 rings (SSSR count). The van der Waals surface area contributed by atoms with Crippen LogP contribution >= 0.6 is 31.9 Å². The fourth-order valence-corrected chi connectivity index (χ4v) is 2.79. The van der Waals surface area contributed by atoms with Gasteiger partial charge in [-0.3, -0.25) is 4.79 Å². The Kier molecular flexibility index (Phi) is 6.81. The molecule has 0 aliphatic rings. The van der Waals surface area contributed by atoms with Crippen LogP contribution < -0.4 is 16.0 Å². The molecule has 3 amide bonds. The Morgan fingerprint density at radius 1 is 1.00 bits per heavy atom. The Morgan fingerprint density at radius 3 is 2.38 bits per heavy atom. The molecule has 24 heavy (non-hydrogen) atoms. The van der Waals surface area contributed by atoms with Gasteiger partial charge in [-0.15, -0.1) is 0 Å². The maximum atomic E-state index is 11.9. The van der Waals surface area contributed by atoms with E-state index in [0.29, 0.717) is 11.4 Å². The molecule has 126 valence electrons. The fraction of sp³-hybridized carbons (Fsp3) is 0.176. The van der Waals surface area contributed by atoms with Gasteiger partial charge < -0.3 is 16.0 Å². The summed E-state index contributed by atoms with van der Waals surface area (Å²) in [5, 5.41) is 8.15. The molecule has 0 bridgehead atoms. The molecule has 0 unspecified atom stereocenters. The zero-order chi connectivity index (χ0) is 17.5. The second-order valence-electron chi connectivity index (χ2n) is 5.17. The van der Waals surface area contributed by atoms with Gasteiger partial charge in [0.05, 0.1) is 5.69 Å². The van der Waals surface area contributed by atoms with Gasteiger partial charge in [0.2, 0.25) is 5.91 Å². The molecule has 0 fully saturated rings. The highest BCUT2D eigenvalue weighted by Crippen LogP contribution is 2.23. The summed E-state index contributed by atoms with van der Waals surface area (Å²) in [6.45, 7) is 2.22. The number of anilines is 2. The monoisotopic (exact) mass is 453 g/mol. The molecule has 2 aromatic carbocycles. The zero-order valence-electron chi connectivity index (χ0n) is 13.0. The number of nitrogens with one attached hydrogen (secondary N) is 3. The second-order valence-corrected chi connectivity index (χ2v) is 6.94. The predicted octanol–water partition coefficient (Wildman–Crippen LogP) is 4.67. The van der Waals surface area contributed by atoms with Gasteiger partial charge in [0.15, 0.2) is 0 Å². The maximum absolute atomic E-state index is 11.9. The van der Waals surface area contributed by atoms with Crippen LogP contribution in [0.25, 0.3) is 0 Å². The lowest BCUT2D eigenvalue weighted by Crippen LogP contribution is -2.31. The summed E-state index contributed by atoms with van der Waals surface area (Å²) in [5.74, 6) is -0.163. The highest BCUT2D eigenvalue weighted by atomic mass is 79.9. The molecule has 0 aromatic heterocycles. The van der Waals surface area contributed by atoms with Gasteiger partial charge in [0.25, 0.3) is 0 Å². The Labute approximate surface area is 157 Å². The van der Waals surface area contributed by atoms with Crippen LogP contribution in [-0.2, 0) is 4.79 Å². The summed E-state index contributed by atoms with van der Waals surface area (Å²) in [4.78, 5) is 23.7. The third-order valence-corrected chi connectivity index (χ3v) is 4.32. The molecule has 0 radical (unpaired) electrons. The van der Waals surface area contributed by atoms with E-state index in [-0.39, 0.29) is 24.9 Å². The van der Waals surface area contributed by atoms with Crippen molar-refractivity contribution in [3.05, 3.63) is 57.0 Å². The lowest BCUT2D eigenvalue weighted by Gasteiger charge is -2.09. The average molecular weight is 455 g/mol. The highest BCUT2D eigenvalue weighted by molar-refractivity contribution is 9.10. The zero-order valence-corrected chi connectivity index (χ0v) is 16.2. The fourth-order valence-electron chi connectivity index (χ4n) is 1.93. The molecule has 0 aliphatic heterocycles. The number of carbonyl (C=O) groups excluding carboxylic acids is 2. The molecule has 0 heterocycles. The standard InChI is InChI=1S/C17H17Br2N3O2/c1-11-2-7-15(14(19)10-11)22-16(23)8-9-20-17(24)21-13-5-3-12(18)4-6-13/h2-7,10H,8-9H2,1H3,(H,22,23)(H2,20,21,24). The van der Waals surface area contributed by atoms with Crippen molar-refractivity contribution in [1.82, 2.24) is 5.32 Å². The quantitative estimate of drug-likeness (QED) is 0.614. The van der Waals surface area contributed by atoms with Gasteiger partial charge in [-0.1, -0.05) is 22.0 Å². The van der Waals surface area contributed by atoms with Gasteiger partial charge in [-0.05, 0) is 64.8 Å². The van der Waals surface area contributed by atoms with E-state index < -0.39 is 0 Å². The number of urea groups is 1. The summed E-state index contributed by atoms with van der Waals surface area (Å²) >= 11 is 6.74. The minimum atomic E-state index is -0.346. The van der Waals surface area contributed by atoms with Crippen LogP contribution in [0.4, 0.5) is 16.2 Å². The molecule has 5 nitrogen and oxygen atoms in total. The van der Waals surface area contributed by atoms with Crippen LogP contribution in [0.5, 0.6) is 0 Å². The van der Waals surface area contributed by atoms with E-state index in [2.05, 4.69) is 47.8 Å². The van der Waals surface area contributed by atoms with E-state index in [9.17, 15) is 9.59 Å². The van der Waals surface area contributed by atoms with Crippen LogP contribution in [0.2, 0.25) is 0 Å². The molecule has 0 atom stereocenters. The first-order valence-electron chi connectivity index (χ1n) is 7.30. The smallest absolute Gasteiger partial charge is 0.319 e. The van der Waals surface area contributed by atoms with Crippen LogP contribution in [-0.4, -0.2) is 18.5 Å². The van der Waals surface area contributed by atoms with Crippen LogP contribution in [0.1, 0.15) is 12.0 Å². The van der Waals surface area contributed by atoms with Crippen LogP contribution in [0, 0.1) is 6.92 Å². The Bertz CT molecular complexity index is 733. The van der Waals surface area contributed by atoms with Gasteiger partial charge in [0, 0.05) is 27.6 Å². The first-order chi connectivity index (χ1) is 11.4. The van der Waals surface area contributed by atoms with Crippen molar-refractivity contribution in [3.63, 3.8) is 0 Å². The maximum Gasteiger partial charge on any atom is 0.319 e. The van der Waals surface area contributed by atoms with E-state index in [4.69, 9.17) is 0 Å². The van der Waals surface area contributed by atoms with Gasteiger partial charge in [-0.25, -0.2) is 4.79 Å². The van der Waals surface area contributed by atoms with E-state index in [1.807, 2.05) is 37.3 Å². The summed E-state index contributed by atoms with van der Waals surface area (Å²) < 4.78 is 1.77.